The Morgan fingerprint density at radius 2 is 1.88 bits per heavy atom. The molecule has 0 unspecified atom stereocenters. The molecule has 2 heterocycles. The zero-order valence-electron chi connectivity index (χ0n) is 14.3. The van der Waals surface area contributed by atoms with Gasteiger partial charge in [-0.1, -0.05) is 19.0 Å². The van der Waals surface area contributed by atoms with Crippen LogP contribution < -0.4 is 5.32 Å². The van der Waals surface area contributed by atoms with Gasteiger partial charge in [0.1, 0.15) is 11.6 Å². The predicted octanol–water partition coefficient (Wildman–Crippen LogP) is 5.24. The van der Waals surface area contributed by atoms with Crippen molar-refractivity contribution in [2.75, 3.05) is 5.32 Å². The molecule has 5 heteroatoms. The van der Waals surface area contributed by atoms with E-state index in [1.54, 1.807) is 18.3 Å². The molecule has 0 bridgehead atoms. The maximum Gasteiger partial charge on any atom is 0.174 e. The molecule has 1 fully saturated rings. The van der Waals surface area contributed by atoms with Crippen LogP contribution in [0.5, 0.6) is 0 Å². The largest absolute Gasteiger partial charge is 0.367 e. The van der Waals surface area contributed by atoms with Crippen molar-refractivity contribution >= 4 is 5.82 Å². The highest BCUT2D eigenvalue weighted by Crippen LogP contribution is 2.39. The van der Waals surface area contributed by atoms with Gasteiger partial charge in [0.15, 0.2) is 5.76 Å². The molecule has 0 amide bonds. The van der Waals surface area contributed by atoms with E-state index in [4.69, 9.17) is 4.52 Å². The van der Waals surface area contributed by atoms with Crippen LogP contribution in [0.3, 0.4) is 0 Å². The first kappa shape index (κ1) is 15.8. The summed E-state index contributed by atoms with van der Waals surface area (Å²) in [4.78, 5) is 4.41. The van der Waals surface area contributed by atoms with Crippen molar-refractivity contribution in [2.45, 2.75) is 38.6 Å². The van der Waals surface area contributed by atoms with E-state index >= 15 is 0 Å². The fourth-order valence-electron chi connectivity index (χ4n) is 2.88. The van der Waals surface area contributed by atoms with Crippen LogP contribution in [0.25, 0.3) is 22.5 Å². The third-order valence-corrected chi connectivity index (χ3v) is 4.35. The van der Waals surface area contributed by atoms with E-state index in [9.17, 15) is 4.39 Å². The molecular formula is C20H20FN3O. The number of nitrogens with one attached hydrogen (secondary N) is 1. The first-order chi connectivity index (χ1) is 12.1. The van der Waals surface area contributed by atoms with Crippen LogP contribution in [0.2, 0.25) is 0 Å². The van der Waals surface area contributed by atoms with Crippen LogP contribution >= 0.6 is 0 Å². The van der Waals surface area contributed by atoms with Gasteiger partial charge in [-0.3, -0.25) is 0 Å². The standard InChI is InChI=1S/C20H20FN3O/c1-12(2)19-18(14-9-10-22-17(11-14)23-16-7-8-16)20(25-24-19)13-3-5-15(21)6-4-13/h3-6,9-12,16H,7-8H2,1-2H3,(H,22,23). The van der Waals surface area contributed by atoms with E-state index in [1.807, 2.05) is 12.1 Å². The van der Waals surface area contributed by atoms with Crippen LogP contribution in [0.4, 0.5) is 10.2 Å². The molecule has 3 aromatic rings. The molecule has 25 heavy (non-hydrogen) atoms. The number of hydrogen-bond acceptors (Lipinski definition) is 4. The molecule has 0 aliphatic heterocycles. The first-order valence-corrected chi connectivity index (χ1v) is 8.60. The Balaban J connectivity index is 1.81. The van der Waals surface area contributed by atoms with Crippen molar-refractivity contribution in [1.29, 1.82) is 0 Å². The van der Waals surface area contributed by atoms with E-state index in [0.29, 0.717) is 11.8 Å². The molecule has 0 saturated heterocycles. The Bertz CT molecular complexity index is 882. The zero-order valence-corrected chi connectivity index (χ0v) is 14.3. The average molecular weight is 337 g/mol. The van der Waals surface area contributed by atoms with Crippen LogP contribution in [0.1, 0.15) is 38.3 Å². The Morgan fingerprint density at radius 3 is 2.56 bits per heavy atom. The molecule has 1 aromatic carbocycles. The number of nitrogens with zero attached hydrogens (tertiary/aromatic N) is 2. The van der Waals surface area contributed by atoms with Crippen LogP contribution in [-0.2, 0) is 0 Å². The number of anilines is 1. The highest BCUT2D eigenvalue weighted by molar-refractivity contribution is 5.82. The summed E-state index contributed by atoms with van der Waals surface area (Å²) in [6.45, 7) is 4.17. The van der Waals surface area contributed by atoms with Gasteiger partial charge in [0, 0.05) is 17.8 Å². The zero-order chi connectivity index (χ0) is 17.4. The smallest absolute Gasteiger partial charge is 0.174 e. The van der Waals surface area contributed by atoms with Crippen molar-refractivity contribution in [1.82, 2.24) is 10.1 Å². The van der Waals surface area contributed by atoms with Crippen molar-refractivity contribution in [3.8, 4) is 22.5 Å². The minimum Gasteiger partial charge on any atom is -0.367 e. The Hall–Kier alpha value is -2.69. The van der Waals surface area contributed by atoms with E-state index in [2.05, 4.69) is 29.3 Å². The lowest BCUT2D eigenvalue weighted by atomic mass is 9.95. The summed E-state index contributed by atoms with van der Waals surface area (Å²) in [5, 5.41) is 7.71. The minimum atomic E-state index is -0.270. The van der Waals surface area contributed by atoms with Crippen LogP contribution in [0, 0.1) is 5.82 Å². The molecule has 4 rings (SSSR count). The molecule has 0 spiro atoms. The van der Waals surface area contributed by atoms with Crippen molar-refractivity contribution < 1.29 is 8.91 Å². The fraction of sp³-hybridized carbons (Fsp3) is 0.300. The summed E-state index contributed by atoms with van der Waals surface area (Å²) in [5.74, 6) is 1.46. The van der Waals surface area contributed by atoms with Gasteiger partial charge < -0.3 is 9.84 Å². The molecule has 128 valence electrons. The van der Waals surface area contributed by atoms with Gasteiger partial charge in [-0.15, -0.1) is 0 Å². The molecule has 4 nitrogen and oxygen atoms in total. The number of aromatic nitrogens is 2. The second-order valence-electron chi connectivity index (χ2n) is 6.78. The topological polar surface area (TPSA) is 51.0 Å². The Kier molecular flexibility index (Phi) is 3.99. The summed E-state index contributed by atoms with van der Waals surface area (Å²) in [6, 6.07) is 10.8. The Morgan fingerprint density at radius 1 is 1.12 bits per heavy atom. The normalized spacial score (nSPS) is 14.1. The number of hydrogen-bond donors (Lipinski definition) is 1. The predicted molar refractivity (Wildman–Crippen MR) is 95.9 cm³/mol. The van der Waals surface area contributed by atoms with Crippen LogP contribution in [-0.4, -0.2) is 16.2 Å². The molecule has 1 saturated carbocycles. The molecule has 1 aliphatic rings. The van der Waals surface area contributed by atoms with Crippen molar-refractivity contribution in [3.63, 3.8) is 0 Å². The van der Waals surface area contributed by atoms with Gasteiger partial charge in [-0.2, -0.15) is 0 Å². The molecule has 0 radical (unpaired) electrons. The lowest BCUT2D eigenvalue weighted by molar-refractivity contribution is 0.420. The average Bonchev–Trinajstić information content (AvgIpc) is 3.30. The van der Waals surface area contributed by atoms with Crippen LogP contribution in [0.15, 0.2) is 47.1 Å². The first-order valence-electron chi connectivity index (χ1n) is 8.60. The maximum absolute atomic E-state index is 13.3. The maximum atomic E-state index is 13.3. The van der Waals surface area contributed by atoms with Gasteiger partial charge in [0.2, 0.25) is 0 Å². The minimum absolute atomic E-state index is 0.209. The number of halogens is 1. The highest BCUT2D eigenvalue weighted by Gasteiger charge is 2.24. The van der Waals surface area contributed by atoms with E-state index in [0.717, 1.165) is 28.2 Å². The summed E-state index contributed by atoms with van der Waals surface area (Å²) in [6.07, 6.45) is 4.18. The second kappa shape index (κ2) is 6.31. The third kappa shape index (κ3) is 3.27. The second-order valence-corrected chi connectivity index (χ2v) is 6.78. The molecule has 1 aliphatic carbocycles. The van der Waals surface area contributed by atoms with Gasteiger partial charge in [0.05, 0.1) is 11.3 Å². The summed E-state index contributed by atoms with van der Waals surface area (Å²) in [7, 11) is 0. The molecule has 1 N–H and O–H groups in total. The molecular weight excluding hydrogens is 317 g/mol. The van der Waals surface area contributed by atoms with Gasteiger partial charge in [-0.25, -0.2) is 9.37 Å². The number of rotatable bonds is 5. The summed E-state index contributed by atoms with van der Waals surface area (Å²) in [5.41, 5.74) is 3.65. The van der Waals surface area contributed by atoms with Gasteiger partial charge in [0.25, 0.3) is 0 Å². The van der Waals surface area contributed by atoms with Crippen molar-refractivity contribution in [2.24, 2.45) is 0 Å². The van der Waals surface area contributed by atoms with E-state index in [-0.39, 0.29) is 11.7 Å². The van der Waals surface area contributed by atoms with Crippen molar-refractivity contribution in [3.05, 3.63) is 54.1 Å². The quantitative estimate of drug-likeness (QED) is 0.691. The molecule has 0 atom stereocenters. The lowest BCUT2D eigenvalue weighted by Crippen LogP contribution is -2.03. The van der Waals surface area contributed by atoms with Gasteiger partial charge >= 0.3 is 0 Å². The molecule has 2 aromatic heterocycles. The number of benzene rings is 1. The van der Waals surface area contributed by atoms with E-state index < -0.39 is 0 Å². The fourth-order valence-corrected chi connectivity index (χ4v) is 2.88. The summed E-state index contributed by atoms with van der Waals surface area (Å²) < 4.78 is 18.9. The summed E-state index contributed by atoms with van der Waals surface area (Å²) >= 11 is 0. The Labute approximate surface area is 146 Å². The number of pyridine rings is 1. The highest BCUT2D eigenvalue weighted by atomic mass is 19.1. The monoisotopic (exact) mass is 337 g/mol. The lowest BCUT2D eigenvalue weighted by Gasteiger charge is -2.09. The third-order valence-electron chi connectivity index (χ3n) is 4.35. The van der Waals surface area contributed by atoms with Gasteiger partial charge in [-0.05, 0) is 60.7 Å². The van der Waals surface area contributed by atoms with E-state index in [1.165, 1.54) is 25.0 Å². The SMILES string of the molecule is CC(C)c1noc(-c2ccc(F)cc2)c1-c1ccnc(NC2CC2)c1.